The summed E-state index contributed by atoms with van der Waals surface area (Å²) in [6.07, 6.45) is 1.72. The van der Waals surface area contributed by atoms with Crippen molar-refractivity contribution in [3.05, 3.63) is 101 Å². The summed E-state index contributed by atoms with van der Waals surface area (Å²) >= 11 is 1.26. The Hall–Kier alpha value is -3.84. The fourth-order valence-corrected chi connectivity index (χ4v) is 4.08. The highest BCUT2D eigenvalue weighted by molar-refractivity contribution is 7.20. The quantitative estimate of drug-likeness (QED) is 0.236. The van der Waals surface area contributed by atoms with E-state index in [4.69, 9.17) is 0 Å². The number of amides is 1. The van der Waals surface area contributed by atoms with Crippen molar-refractivity contribution in [2.45, 2.75) is 26.2 Å². The minimum Gasteiger partial charge on any atom is -0.312 e. The number of hydrazone groups is 1. The Morgan fingerprint density at radius 3 is 2.29 bits per heavy atom. The molecule has 0 aliphatic heterocycles. The number of rotatable bonds is 6. The molecule has 0 spiro atoms. The van der Waals surface area contributed by atoms with Gasteiger partial charge in [-0.1, -0.05) is 74.6 Å². The van der Waals surface area contributed by atoms with Crippen molar-refractivity contribution in [1.29, 1.82) is 0 Å². The van der Waals surface area contributed by atoms with E-state index in [1.807, 2.05) is 18.2 Å². The van der Waals surface area contributed by atoms with Crippen LogP contribution < -0.4 is 10.7 Å². The van der Waals surface area contributed by atoms with Crippen molar-refractivity contribution in [1.82, 2.24) is 4.98 Å². The summed E-state index contributed by atoms with van der Waals surface area (Å²) in [6, 6.07) is 23.1. The molecule has 5 nitrogen and oxygen atoms in total. The van der Waals surface area contributed by atoms with E-state index in [-0.39, 0.29) is 17.1 Å². The van der Waals surface area contributed by atoms with Gasteiger partial charge in [-0.15, -0.1) is 0 Å². The zero-order valence-corrected chi connectivity index (χ0v) is 20.0. The Morgan fingerprint density at radius 2 is 1.65 bits per heavy atom. The van der Waals surface area contributed by atoms with E-state index in [2.05, 4.69) is 53.7 Å². The molecule has 34 heavy (non-hydrogen) atoms. The van der Waals surface area contributed by atoms with E-state index in [9.17, 15) is 9.18 Å². The number of nitrogens with zero attached hydrogens (tertiary/aromatic N) is 2. The standard InChI is InChI=1S/C27H25FN4OS/c1-27(2,3)21-13-9-18(10-14-21)17-29-32-26-30-23(19-11-15-22(28)16-12-19)25(34-26)31-24(33)20-7-5-4-6-8-20/h4-17H,1-3H3,(H,30,32)(H,31,33). The first kappa shape index (κ1) is 23.3. The zero-order chi connectivity index (χ0) is 24.1. The van der Waals surface area contributed by atoms with Crippen LogP contribution in [-0.4, -0.2) is 17.1 Å². The highest BCUT2D eigenvalue weighted by Crippen LogP contribution is 2.36. The molecule has 0 aliphatic carbocycles. The third-order valence-corrected chi connectivity index (χ3v) is 6.03. The number of aromatic nitrogens is 1. The van der Waals surface area contributed by atoms with E-state index in [0.29, 0.717) is 27.0 Å². The topological polar surface area (TPSA) is 66.4 Å². The summed E-state index contributed by atoms with van der Waals surface area (Å²) in [7, 11) is 0. The molecule has 172 valence electrons. The van der Waals surface area contributed by atoms with Crippen LogP contribution in [0.3, 0.4) is 0 Å². The van der Waals surface area contributed by atoms with E-state index in [1.165, 1.54) is 29.0 Å². The molecule has 0 aliphatic rings. The fraction of sp³-hybridized carbons (Fsp3) is 0.148. The number of anilines is 2. The van der Waals surface area contributed by atoms with E-state index < -0.39 is 0 Å². The number of carbonyl (C=O) groups is 1. The first-order chi connectivity index (χ1) is 16.3. The normalized spacial score (nSPS) is 11.5. The van der Waals surface area contributed by atoms with Crippen molar-refractivity contribution in [2.24, 2.45) is 5.10 Å². The molecule has 2 N–H and O–H groups in total. The van der Waals surface area contributed by atoms with Crippen molar-refractivity contribution in [3.8, 4) is 11.3 Å². The van der Waals surface area contributed by atoms with Gasteiger partial charge < -0.3 is 5.32 Å². The molecule has 0 unspecified atom stereocenters. The molecule has 4 rings (SSSR count). The number of hydrogen-bond donors (Lipinski definition) is 2. The predicted octanol–water partition coefficient (Wildman–Crippen LogP) is 6.95. The van der Waals surface area contributed by atoms with Crippen LogP contribution in [0.4, 0.5) is 14.5 Å². The first-order valence-corrected chi connectivity index (χ1v) is 11.6. The molecule has 1 aromatic heterocycles. The largest absolute Gasteiger partial charge is 0.312 e. The summed E-state index contributed by atoms with van der Waals surface area (Å²) in [5, 5.41) is 8.28. The van der Waals surface area contributed by atoms with Crippen LogP contribution in [0.25, 0.3) is 11.3 Å². The molecule has 3 aromatic carbocycles. The van der Waals surface area contributed by atoms with Gasteiger partial charge in [-0.3, -0.25) is 10.2 Å². The fourth-order valence-electron chi connectivity index (χ4n) is 3.25. The first-order valence-electron chi connectivity index (χ1n) is 10.8. The van der Waals surface area contributed by atoms with Gasteiger partial charge in [0.15, 0.2) is 0 Å². The van der Waals surface area contributed by atoms with Crippen LogP contribution in [0, 0.1) is 5.82 Å². The number of carbonyl (C=O) groups excluding carboxylic acids is 1. The Bertz CT molecular complexity index is 1290. The molecule has 7 heteroatoms. The van der Waals surface area contributed by atoms with Gasteiger partial charge in [0, 0.05) is 11.1 Å². The Labute approximate surface area is 202 Å². The van der Waals surface area contributed by atoms with Crippen LogP contribution >= 0.6 is 11.3 Å². The summed E-state index contributed by atoms with van der Waals surface area (Å²) in [5.74, 6) is -0.587. The van der Waals surface area contributed by atoms with E-state index in [1.54, 1.807) is 42.6 Å². The lowest BCUT2D eigenvalue weighted by molar-refractivity contribution is 0.102. The van der Waals surface area contributed by atoms with Crippen molar-refractivity contribution < 1.29 is 9.18 Å². The van der Waals surface area contributed by atoms with Gasteiger partial charge in [0.1, 0.15) is 16.5 Å². The molecule has 0 atom stereocenters. The van der Waals surface area contributed by atoms with Crippen LogP contribution in [0.15, 0.2) is 84.0 Å². The summed E-state index contributed by atoms with van der Waals surface area (Å²) in [5.41, 5.74) is 7.00. The zero-order valence-electron chi connectivity index (χ0n) is 19.2. The summed E-state index contributed by atoms with van der Waals surface area (Å²) in [4.78, 5) is 17.3. The van der Waals surface area contributed by atoms with Gasteiger partial charge in [0.05, 0.1) is 6.21 Å². The monoisotopic (exact) mass is 472 g/mol. The Morgan fingerprint density at radius 1 is 0.971 bits per heavy atom. The number of nitrogens with one attached hydrogen (secondary N) is 2. The maximum atomic E-state index is 13.4. The SMILES string of the molecule is CC(C)(C)c1ccc(C=NNc2nc(-c3ccc(F)cc3)c(NC(=O)c3ccccc3)s2)cc1. The minimum atomic E-state index is -0.339. The van der Waals surface area contributed by atoms with Gasteiger partial charge in [0.2, 0.25) is 5.13 Å². The molecule has 4 aromatic rings. The van der Waals surface area contributed by atoms with E-state index >= 15 is 0 Å². The van der Waals surface area contributed by atoms with Crippen molar-refractivity contribution in [3.63, 3.8) is 0 Å². The molecule has 1 heterocycles. The molecule has 0 saturated carbocycles. The van der Waals surface area contributed by atoms with E-state index in [0.717, 1.165) is 5.56 Å². The van der Waals surface area contributed by atoms with Gasteiger partial charge in [-0.2, -0.15) is 5.10 Å². The minimum absolute atomic E-state index is 0.0894. The lowest BCUT2D eigenvalue weighted by Crippen LogP contribution is -2.11. The van der Waals surface area contributed by atoms with Gasteiger partial charge in [0.25, 0.3) is 5.91 Å². The van der Waals surface area contributed by atoms with Crippen molar-refractivity contribution in [2.75, 3.05) is 10.7 Å². The van der Waals surface area contributed by atoms with Crippen LogP contribution in [0.1, 0.15) is 42.3 Å². The number of thiazole rings is 1. The summed E-state index contributed by atoms with van der Waals surface area (Å²) < 4.78 is 13.4. The Balaban J connectivity index is 1.55. The average molecular weight is 473 g/mol. The second-order valence-corrected chi connectivity index (χ2v) is 9.76. The lowest BCUT2D eigenvalue weighted by atomic mass is 9.87. The van der Waals surface area contributed by atoms with Crippen LogP contribution in [0.2, 0.25) is 0 Å². The number of halogens is 1. The van der Waals surface area contributed by atoms with Gasteiger partial charge in [-0.25, -0.2) is 9.37 Å². The third kappa shape index (κ3) is 5.74. The van der Waals surface area contributed by atoms with Crippen molar-refractivity contribution >= 4 is 33.6 Å². The smallest absolute Gasteiger partial charge is 0.256 e. The predicted molar refractivity (Wildman–Crippen MR) is 138 cm³/mol. The Kier molecular flexibility index (Phi) is 6.84. The molecule has 0 saturated heterocycles. The summed E-state index contributed by atoms with van der Waals surface area (Å²) in [6.45, 7) is 6.52. The second-order valence-electron chi connectivity index (χ2n) is 8.77. The molecule has 0 fully saturated rings. The molecular weight excluding hydrogens is 447 g/mol. The molecule has 0 bridgehead atoms. The molecular formula is C27H25FN4OS. The van der Waals surface area contributed by atoms with Crippen LogP contribution in [-0.2, 0) is 5.41 Å². The lowest BCUT2D eigenvalue weighted by Gasteiger charge is -2.18. The third-order valence-electron chi connectivity index (χ3n) is 5.16. The van der Waals surface area contributed by atoms with Gasteiger partial charge in [-0.05, 0) is 52.9 Å². The second kappa shape index (κ2) is 9.97. The highest BCUT2D eigenvalue weighted by Gasteiger charge is 2.17. The van der Waals surface area contributed by atoms with Gasteiger partial charge >= 0.3 is 0 Å². The molecule has 1 amide bonds. The maximum Gasteiger partial charge on any atom is 0.256 e. The maximum absolute atomic E-state index is 13.4. The number of benzene rings is 3. The highest BCUT2D eigenvalue weighted by atomic mass is 32.1. The average Bonchev–Trinajstić information content (AvgIpc) is 3.22. The van der Waals surface area contributed by atoms with Crippen LogP contribution in [0.5, 0.6) is 0 Å². The molecule has 0 radical (unpaired) electrons. The number of hydrogen-bond acceptors (Lipinski definition) is 5.